The van der Waals surface area contributed by atoms with E-state index in [9.17, 15) is 13.6 Å². The predicted octanol–water partition coefficient (Wildman–Crippen LogP) is 2.01. The van der Waals surface area contributed by atoms with Crippen molar-refractivity contribution < 1.29 is 23.0 Å². The van der Waals surface area contributed by atoms with Crippen molar-refractivity contribution in [3.05, 3.63) is 29.8 Å². The van der Waals surface area contributed by atoms with Crippen LogP contribution in [0.5, 0.6) is 5.75 Å². The normalized spacial score (nSPS) is 17.4. The molecule has 0 saturated heterocycles. The summed E-state index contributed by atoms with van der Waals surface area (Å²) in [4.78, 5) is 11.9. The third-order valence-corrected chi connectivity index (χ3v) is 3.33. The maximum Gasteiger partial charge on any atom is 0.329 e. The molecule has 1 unspecified atom stereocenters. The number of rotatable bonds is 6. The van der Waals surface area contributed by atoms with E-state index in [-0.39, 0.29) is 24.9 Å². The van der Waals surface area contributed by atoms with Crippen molar-refractivity contribution in [2.24, 2.45) is 11.7 Å². The highest BCUT2D eigenvalue weighted by molar-refractivity contribution is 5.81. The lowest BCUT2D eigenvalue weighted by atomic mass is 9.96. The average Bonchev–Trinajstić information content (AvgIpc) is 3.25. The standard InChI is InChI=1S/C14H17F2NO3/c1-2-19-13(18)14(17,9-3-4-9)8-20-10-5-6-11(15)12(16)7-10/h5-7,9H,2-4,8,17H2,1H3. The molecular weight excluding hydrogens is 268 g/mol. The third-order valence-electron chi connectivity index (χ3n) is 3.33. The molecule has 0 radical (unpaired) electrons. The Morgan fingerprint density at radius 3 is 2.65 bits per heavy atom. The lowest BCUT2D eigenvalue weighted by Crippen LogP contribution is -2.55. The largest absolute Gasteiger partial charge is 0.491 e. The summed E-state index contributed by atoms with van der Waals surface area (Å²) in [5.41, 5.74) is 4.85. The lowest BCUT2D eigenvalue weighted by molar-refractivity contribution is -0.152. The second-order valence-corrected chi connectivity index (χ2v) is 4.90. The second-order valence-electron chi connectivity index (χ2n) is 4.90. The van der Waals surface area contributed by atoms with E-state index in [0.29, 0.717) is 0 Å². The van der Waals surface area contributed by atoms with Crippen LogP contribution < -0.4 is 10.5 Å². The molecule has 2 rings (SSSR count). The highest BCUT2D eigenvalue weighted by atomic mass is 19.2. The fourth-order valence-corrected chi connectivity index (χ4v) is 1.98. The third kappa shape index (κ3) is 3.07. The number of nitrogens with two attached hydrogens (primary N) is 1. The van der Waals surface area contributed by atoms with E-state index in [0.717, 1.165) is 25.0 Å². The van der Waals surface area contributed by atoms with Gasteiger partial charge in [-0.1, -0.05) is 0 Å². The first-order valence-corrected chi connectivity index (χ1v) is 6.51. The number of esters is 1. The van der Waals surface area contributed by atoms with Gasteiger partial charge in [0.05, 0.1) is 6.61 Å². The summed E-state index contributed by atoms with van der Waals surface area (Å²) in [5, 5.41) is 0. The van der Waals surface area contributed by atoms with E-state index >= 15 is 0 Å². The van der Waals surface area contributed by atoms with Gasteiger partial charge in [0.2, 0.25) is 0 Å². The van der Waals surface area contributed by atoms with Crippen LogP contribution in [-0.2, 0) is 9.53 Å². The maximum absolute atomic E-state index is 13.1. The smallest absolute Gasteiger partial charge is 0.329 e. The molecule has 0 heterocycles. The zero-order valence-corrected chi connectivity index (χ0v) is 11.2. The summed E-state index contributed by atoms with van der Waals surface area (Å²) in [7, 11) is 0. The van der Waals surface area contributed by atoms with Crippen LogP contribution in [0.25, 0.3) is 0 Å². The molecule has 2 N–H and O–H groups in total. The van der Waals surface area contributed by atoms with Crippen molar-refractivity contribution in [1.82, 2.24) is 0 Å². The molecule has 1 aliphatic rings. The number of carbonyl (C=O) groups is 1. The summed E-state index contributed by atoms with van der Waals surface area (Å²) >= 11 is 0. The van der Waals surface area contributed by atoms with E-state index in [2.05, 4.69) is 0 Å². The molecule has 0 aliphatic heterocycles. The molecular formula is C14H17F2NO3. The number of halogens is 2. The Labute approximate surface area is 115 Å². The van der Waals surface area contributed by atoms with Gasteiger partial charge in [-0.15, -0.1) is 0 Å². The molecule has 1 fully saturated rings. The Morgan fingerprint density at radius 1 is 1.40 bits per heavy atom. The van der Waals surface area contributed by atoms with E-state index in [1.807, 2.05) is 0 Å². The highest BCUT2D eigenvalue weighted by Gasteiger charge is 2.50. The van der Waals surface area contributed by atoms with Crippen LogP contribution in [-0.4, -0.2) is 24.7 Å². The number of hydrogen-bond acceptors (Lipinski definition) is 4. The van der Waals surface area contributed by atoms with Crippen LogP contribution in [0, 0.1) is 17.6 Å². The van der Waals surface area contributed by atoms with Gasteiger partial charge in [0.15, 0.2) is 17.2 Å². The van der Waals surface area contributed by atoms with Crippen LogP contribution in [0.4, 0.5) is 8.78 Å². The van der Waals surface area contributed by atoms with Crippen molar-refractivity contribution in [1.29, 1.82) is 0 Å². The van der Waals surface area contributed by atoms with Crippen LogP contribution >= 0.6 is 0 Å². The topological polar surface area (TPSA) is 61.5 Å². The monoisotopic (exact) mass is 285 g/mol. The molecule has 1 aromatic carbocycles. The summed E-state index contributed by atoms with van der Waals surface area (Å²) in [6.45, 7) is 1.80. The van der Waals surface area contributed by atoms with E-state index in [1.165, 1.54) is 6.07 Å². The Kier molecular flexibility index (Phi) is 4.23. The predicted molar refractivity (Wildman–Crippen MR) is 68.1 cm³/mol. The Hall–Kier alpha value is -1.69. The summed E-state index contributed by atoms with van der Waals surface area (Å²) in [5.74, 6) is -2.35. The van der Waals surface area contributed by atoms with Gasteiger partial charge in [0.25, 0.3) is 0 Å². The molecule has 1 saturated carbocycles. The van der Waals surface area contributed by atoms with Gasteiger partial charge in [0.1, 0.15) is 12.4 Å². The first-order chi connectivity index (χ1) is 9.47. The lowest BCUT2D eigenvalue weighted by Gasteiger charge is -2.26. The van der Waals surface area contributed by atoms with Gasteiger partial charge in [0, 0.05) is 6.07 Å². The van der Waals surface area contributed by atoms with E-state index in [1.54, 1.807) is 6.92 Å². The van der Waals surface area contributed by atoms with Crippen LogP contribution in [0.1, 0.15) is 19.8 Å². The molecule has 0 aromatic heterocycles. The first-order valence-electron chi connectivity index (χ1n) is 6.51. The molecule has 20 heavy (non-hydrogen) atoms. The van der Waals surface area contributed by atoms with Crippen molar-refractivity contribution in [2.75, 3.05) is 13.2 Å². The zero-order valence-electron chi connectivity index (χ0n) is 11.2. The Bertz CT molecular complexity index is 505. The highest BCUT2D eigenvalue weighted by Crippen LogP contribution is 2.39. The molecule has 6 heteroatoms. The van der Waals surface area contributed by atoms with Crippen molar-refractivity contribution in [2.45, 2.75) is 25.3 Å². The van der Waals surface area contributed by atoms with Crippen molar-refractivity contribution in [3.63, 3.8) is 0 Å². The second kappa shape index (κ2) is 5.75. The first kappa shape index (κ1) is 14.7. The van der Waals surface area contributed by atoms with Gasteiger partial charge in [-0.25, -0.2) is 13.6 Å². The molecule has 1 atom stereocenters. The number of benzene rings is 1. The average molecular weight is 285 g/mol. The number of hydrogen-bond donors (Lipinski definition) is 1. The maximum atomic E-state index is 13.1. The molecule has 1 aromatic rings. The van der Waals surface area contributed by atoms with Gasteiger partial charge < -0.3 is 15.2 Å². The number of carbonyl (C=O) groups excluding carboxylic acids is 1. The van der Waals surface area contributed by atoms with Gasteiger partial charge in [-0.2, -0.15) is 0 Å². The molecule has 4 nitrogen and oxygen atoms in total. The fourth-order valence-electron chi connectivity index (χ4n) is 1.98. The molecule has 0 spiro atoms. The van der Waals surface area contributed by atoms with E-state index in [4.69, 9.17) is 15.2 Å². The summed E-state index contributed by atoms with van der Waals surface area (Å²) < 4.78 is 36.2. The Morgan fingerprint density at radius 2 is 2.10 bits per heavy atom. The number of ether oxygens (including phenoxy) is 2. The van der Waals surface area contributed by atoms with Crippen LogP contribution in [0.2, 0.25) is 0 Å². The van der Waals surface area contributed by atoms with Gasteiger partial charge in [-0.3, -0.25) is 0 Å². The van der Waals surface area contributed by atoms with Gasteiger partial charge in [-0.05, 0) is 37.8 Å². The fraction of sp³-hybridized carbons (Fsp3) is 0.500. The summed E-state index contributed by atoms with van der Waals surface area (Å²) in [6.07, 6.45) is 1.66. The molecule has 110 valence electrons. The van der Waals surface area contributed by atoms with E-state index < -0.39 is 23.1 Å². The minimum Gasteiger partial charge on any atom is -0.491 e. The molecule has 0 amide bonds. The van der Waals surface area contributed by atoms with Crippen molar-refractivity contribution in [3.8, 4) is 5.75 Å². The summed E-state index contributed by atoms with van der Waals surface area (Å²) in [6, 6.07) is 3.18. The zero-order chi connectivity index (χ0) is 14.8. The van der Waals surface area contributed by atoms with Gasteiger partial charge >= 0.3 is 5.97 Å². The van der Waals surface area contributed by atoms with Crippen molar-refractivity contribution >= 4 is 5.97 Å². The van der Waals surface area contributed by atoms with Crippen LogP contribution in [0.3, 0.4) is 0 Å². The SMILES string of the molecule is CCOC(=O)C(N)(COc1ccc(F)c(F)c1)C1CC1. The minimum atomic E-state index is -1.24. The molecule has 1 aliphatic carbocycles. The Balaban J connectivity index is 2.05. The minimum absolute atomic E-state index is 0.00634. The van der Waals surface area contributed by atoms with Crippen LogP contribution in [0.15, 0.2) is 18.2 Å². The molecule has 0 bridgehead atoms. The quantitative estimate of drug-likeness (QED) is 0.812.